The second-order valence-electron chi connectivity index (χ2n) is 9.35. The average molecular weight is 495 g/mol. The summed E-state index contributed by atoms with van der Waals surface area (Å²) in [4.78, 5) is 30.7. The van der Waals surface area contributed by atoms with Crippen molar-refractivity contribution < 1.29 is 13.9 Å². The van der Waals surface area contributed by atoms with E-state index in [4.69, 9.17) is 4.74 Å². The highest BCUT2D eigenvalue weighted by Gasteiger charge is 2.33. The molecule has 0 aliphatic carbocycles. The van der Waals surface area contributed by atoms with Crippen molar-refractivity contribution in [2.75, 3.05) is 48.4 Å². The summed E-state index contributed by atoms with van der Waals surface area (Å²) in [5, 5.41) is 3.03. The zero-order valence-corrected chi connectivity index (χ0v) is 20.9. The molecule has 5 rings (SSSR count). The largest absolute Gasteiger partial charge is 0.378 e. The summed E-state index contributed by atoms with van der Waals surface area (Å²) in [5.41, 5.74) is 1.75. The van der Waals surface area contributed by atoms with Gasteiger partial charge < -0.3 is 19.9 Å². The molecule has 2 fully saturated rings. The van der Waals surface area contributed by atoms with Crippen LogP contribution in [0.2, 0.25) is 0 Å². The van der Waals surface area contributed by atoms with Gasteiger partial charge in [-0.1, -0.05) is 25.1 Å². The lowest BCUT2D eigenvalue weighted by atomic mass is 10.0. The fourth-order valence-corrected chi connectivity index (χ4v) is 4.77. The summed E-state index contributed by atoms with van der Waals surface area (Å²) < 4.78 is 20.1. The minimum Gasteiger partial charge on any atom is -0.378 e. The molecule has 2 unspecified atom stereocenters. The van der Waals surface area contributed by atoms with Crippen LogP contribution in [0.25, 0.3) is 11.1 Å². The molecule has 1 amide bonds. The summed E-state index contributed by atoms with van der Waals surface area (Å²) in [6.07, 6.45) is 5.81. The molecule has 0 spiro atoms. The molecule has 2 aliphatic heterocycles. The number of hydrogen-bond acceptors (Lipinski definition) is 7. The number of hydrogen-bond donors (Lipinski definition) is 1. The SMILES string of the molecule is COC1CN(c2ncc(C(=O)Nc3c(-c4ccccc4F)ccnc3N3CCC(C)(P)C3)cn2)C1. The van der Waals surface area contributed by atoms with Gasteiger partial charge in [-0.2, -0.15) is 0 Å². The number of rotatable bonds is 6. The predicted octanol–water partition coefficient (Wildman–Crippen LogP) is 3.61. The fourth-order valence-electron chi connectivity index (χ4n) is 4.42. The van der Waals surface area contributed by atoms with Crippen LogP contribution in [0.15, 0.2) is 48.9 Å². The molecule has 2 aliphatic rings. The first kappa shape index (κ1) is 23.6. The van der Waals surface area contributed by atoms with E-state index in [1.807, 2.05) is 4.90 Å². The Bertz CT molecular complexity index is 1230. The van der Waals surface area contributed by atoms with Gasteiger partial charge in [0.2, 0.25) is 5.95 Å². The molecular formula is C25H28FN6O2P. The molecule has 4 heterocycles. The van der Waals surface area contributed by atoms with Gasteiger partial charge >= 0.3 is 0 Å². The highest BCUT2D eigenvalue weighted by Crippen LogP contribution is 2.40. The molecule has 1 aromatic carbocycles. The van der Waals surface area contributed by atoms with E-state index in [0.29, 0.717) is 34.1 Å². The average Bonchev–Trinajstić information content (AvgIpc) is 3.19. The number of ether oxygens (including phenoxy) is 1. The molecule has 0 bridgehead atoms. The number of benzene rings is 1. The van der Waals surface area contributed by atoms with Crippen LogP contribution in [0, 0.1) is 5.82 Å². The number of amides is 1. The van der Waals surface area contributed by atoms with Gasteiger partial charge in [0.15, 0.2) is 5.82 Å². The Morgan fingerprint density at radius 3 is 2.54 bits per heavy atom. The summed E-state index contributed by atoms with van der Waals surface area (Å²) >= 11 is 0. The van der Waals surface area contributed by atoms with Gasteiger partial charge in [-0.3, -0.25) is 4.79 Å². The lowest BCUT2D eigenvalue weighted by Gasteiger charge is -2.37. The normalized spacial score (nSPS) is 20.1. The van der Waals surface area contributed by atoms with Gasteiger partial charge in [0.25, 0.3) is 5.91 Å². The van der Waals surface area contributed by atoms with Crippen LogP contribution in [0.4, 0.5) is 21.8 Å². The molecule has 8 nitrogen and oxygen atoms in total. The topological polar surface area (TPSA) is 83.5 Å². The van der Waals surface area contributed by atoms with Crippen LogP contribution < -0.4 is 15.1 Å². The maximum absolute atomic E-state index is 14.8. The monoisotopic (exact) mass is 494 g/mol. The van der Waals surface area contributed by atoms with Gasteiger partial charge in [0, 0.05) is 68.2 Å². The Kier molecular flexibility index (Phi) is 6.38. The molecule has 2 aromatic heterocycles. The van der Waals surface area contributed by atoms with Crippen LogP contribution in [-0.4, -0.2) is 65.4 Å². The van der Waals surface area contributed by atoms with E-state index in [9.17, 15) is 9.18 Å². The zero-order valence-electron chi connectivity index (χ0n) is 19.7. The van der Waals surface area contributed by atoms with Crippen molar-refractivity contribution in [2.24, 2.45) is 0 Å². The minimum absolute atomic E-state index is 0.0410. The van der Waals surface area contributed by atoms with E-state index in [-0.39, 0.29) is 23.0 Å². The summed E-state index contributed by atoms with van der Waals surface area (Å²) in [6, 6.07) is 8.25. The number of aromatic nitrogens is 3. The Hall–Kier alpha value is -3.16. The summed E-state index contributed by atoms with van der Waals surface area (Å²) in [7, 11) is 4.58. The first-order valence-corrected chi connectivity index (χ1v) is 12.1. The van der Waals surface area contributed by atoms with Gasteiger partial charge in [0.1, 0.15) is 5.82 Å². The summed E-state index contributed by atoms with van der Waals surface area (Å²) in [5.74, 6) is 0.429. The molecule has 2 atom stereocenters. The van der Waals surface area contributed by atoms with E-state index in [0.717, 1.165) is 32.6 Å². The first-order valence-electron chi connectivity index (χ1n) is 11.5. The molecule has 0 radical (unpaired) electrons. The number of carbonyl (C=O) groups is 1. The maximum atomic E-state index is 14.8. The smallest absolute Gasteiger partial charge is 0.258 e. The fraction of sp³-hybridized carbons (Fsp3) is 0.360. The Morgan fingerprint density at radius 2 is 1.89 bits per heavy atom. The van der Waals surface area contributed by atoms with E-state index in [1.54, 1.807) is 37.6 Å². The highest BCUT2D eigenvalue weighted by molar-refractivity contribution is 7.19. The number of carbonyl (C=O) groups excluding carboxylic acids is 1. The summed E-state index contributed by atoms with van der Waals surface area (Å²) in [6.45, 7) is 5.15. The van der Waals surface area contributed by atoms with Gasteiger partial charge in [-0.25, -0.2) is 19.3 Å². The highest BCUT2D eigenvalue weighted by atomic mass is 31.0. The number of pyridine rings is 1. The van der Waals surface area contributed by atoms with E-state index < -0.39 is 0 Å². The lowest BCUT2D eigenvalue weighted by molar-refractivity contribution is 0.0778. The molecule has 182 valence electrons. The number of methoxy groups -OCH3 is 1. The number of anilines is 3. The number of halogens is 1. The first-order chi connectivity index (χ1) is 16.8. The second-order valence-corrected chi connectivity index (χ2v) is 10.7. The number of nitrogens with one attached hydrogen (secondary N) is 1. The molecular weight excluding hydrogens is 466 g/mol. The van der Waals surface area contributed by atoms with Crippen molar-refractivity contribution in [3.8, 4) is 11.1 Å². The van der Waals surface area contributed by atoms with Crippen LogP contribution in [0.5, 0.6) is 0 Å². The van der Waals surface area contributed by atoms with Crippen molar-refractivity contribution >= 4 is 32.6 Å². The van der Waals surface area contributed by atoms with Crippen molar-refractivity contribution in [1.29, 1.82) is 0 Å². The van der Waals surface area contributed by atoms with Crippen molar-refractivity contribution in [2.45, 2.75) is 24.6 Å². The maximum Gasteiger partial charge on any atom is 0.258 e. The molecule has 2 saturated heterocycles. The quantitative estimate of drug-likeness (QED) is 0.524. The second kappa shape index (κ2) is 9.47. The van der Waals surface area contributed by atoms with Crippen molar-refractivity contribution in [3.05, 3.63) is 60.3 Å². The van der Waals surface area contributed by atoms with Crippen LogP contribution in [-0.2, 0) is 4.74 Å². The van der Waals surface area contributed by atoms with Gasteiger partial charge in [-0.05, 0) is 18.6 Å². The van der Waals surface area contributed by atoms with Crippen LogP contribution in [0.3, 0.4) is 0 Å². The minimum atomic E-state index is -0.380. The Morgan fingerprint density at radius 1 is 1.14 bits per heavy atom. The Labute approximate surface area is 206 Å². The zero-order chi connectivity index (χ0) is 24.6. The Balaban J connectivity index is 1.46. The third-order valence-electron chi connectivity index (χ3n) is 6.50. The van der Waals surface area contributed by atoms with Crippen molar-refractivity contribution in [1.82, 2.24) is 15.0 Å². The lowest BCUT2D eigenvalue weighted by Crippen LogP contribution is -2.52. The van der Waals surface area contributed by atoms with Crippen molar-refractivity contribution in [3.63, 3.8) is 0 Å². The third kappa shape index (κ3) is 4.83. The standard InChI is InChI=1S/C25H28FN6O2P/c1-25(35)8-10-31(15-25)22-21(19(7-9-27-22)18-5-3-4-6-20(18)26)30-23(33)16-11-28-24(29-12-16)32-13-17(14-32)34-2/h3-7,9,11-12,17H,8,10,13-15,35H2,1-2H3,(H,30,33). The molecule has 1 N–H and O–H groups in total. The van der Waals surface area contributed by atoms with Gasteiger partial charge in [-0.15, -0.1) is 9.24 Å². The molecule has 10 heteroatoms. The third-order valence-corrected chi connectivity index (χ3v) is 6.97. The molecule has 35 heavy (non-hydrogen) atoms. The molecule has 3 aromatic rings. The van der Waals surface area contributed by atoms with E-state index in [2.05, 4.69) is 41.3 Å². The number of nitrogens with zero attached hydrogens (tertiary/aromatic N) is 5. The molecule has 0 saturated carbocycles. The van der Waals surface area contributed by atoms with Gasteiger partial charge in [0.05, 0.1) is 17.4 Å². The van der Waals surface area contributed by atoms with Crippen LogP contribution >= 0.6 is 9.24 Å². The van der Waals surface area contributed by atoms with E-state index in [1.165, 1.54) is 18.5 Å². The van der Waals surface area contributed by atoms with Crippen LogP contribution in [0.1, 0.15) is 23.7 Å². The van der Waals surface area contributed by atoms with E-state index >= 15 is 0 Å². The predicted molar refractivity (Wildman–Crippen MR) is 138 cm³/mol.